The number of thiazole rings is 1. The second-order valence-corrected chi connectivity index (χ2v) is 4.70. The molecule has 0 amide bonds. The average Bonchev–Trinajstić information content (AvgIpc) is 2.84. The summed E-state index contributed by atoms with van der Waals surface area (Å²) >= 11 is 1.65. The number of rotatable bonds is 4. The van der Waals surface area contributed by atoms with Crippen molar-refractivity contribution in [3.8, 4) is 0 Å². The highest BCUT2D eigenvalue weighted by molar-refractivity contribution is 7.09. The molecule has 0 aromatic carbocycles. The van der Waals surface area contributed by atoms with Crippen LogP contribution in [0.15, 0.2) is 21.9 Å². The van der Waals surface area contributed by atoms with Gasteiger partial charge in [-0.25, -0.2) is 10.4 Å². The number of aromatic nitrogens is 1. The molecule has 1 atom stereocenters. The van der Waals surface area contributed by atoms with Crippen molar-refractivity contribution in [2.75, 3.05) is 0 Å². The molecule has 2 rings (SSSR count). The van der Waals surface area contributed by atoms with Crippen molar-refractivity contribution in [2.24, 2.45) is 5.84 Å². The lowest BCUT2D eigenvalue weighted by atomic mass is 10.2. The van der Waals surface area contributed by atoms with Crippen molar-refractivity contribution in [1.82, 2.24) is 10.4 Å². The predicted octanol–water partition coefficient (Wildman–Crippen LogP) is 2.10. The third kappa shape index (κ3) is 2.49. The van der Waals surface area contributed by atoms with E-state index in [1.54, 1.807) is 11.3 Å². The van der Waals surface area contributed by atoms with E-state index in [0.29, 0.717) is 0 Å². The highest BCUT2D eigenvalue weighted by Crippen LogP contribution is 2.21. The van der Waals surface area contributed by atoms with Crippen LogP contribution in [-0.2, 0) is 6.42 Å². The molecule has 2 heterocycles. The van der Waals surface area contributed by atoms with Crippen molar-refractivity contribution in [2.45, 2.75) is 26.3 Å². The molecule has 0 radical (unpaired) electrons. The van der Waals surface area contributed by atoms with E-state index in [1.165, 1.54) is 0 Å². The molecule has 0 bridgehead atoms. The maximum absolute atomic E-state index is 5.55. The van der Waals surface area contributed by atoms with Crippen LogP contribution in [0.2, 0.25) is 0 Å². The fraction of sp³-hybridized carbons (Fsp3) is 0.364. The van der Waals surface area contributed by atoms with Crippen LogP contribution in [0, 0.1) is 13.8 Å². The number of hydrogen-bond donors (Lipinski definition) is 2. The maximum Gasteiger partial charge on any atom is 0.122 e. The lowest BCUT2D eigenvalue weighted by Gasteiger charge is -2.11. The van der Waals surface area contributed by atoms with Gasteiger partial charge in [0, 0.05) is 17.5 Å². The zero-order valence-electron chi connectivity index (χ0n) is 9.36. The second-order valence-electron chi connectivity index (χ2n) is 3.75. The number of nitrogens with zero attached hydrogens (tertiary/aromatic N) is 1. The Balaban J connectivity index is 2.12. The van der Waals surface area contributed by atoms with Gasteiger partial charge in [-0.05, 0) is 26.0 Å². The lowest BCUT2D eigenvalue weighted by molar-refractivity contribution is 0.402. The Hall–Kier alpha value is -1.17. The van der Waals surface area contributed by atoms with E-state index in [1.807, 2.05) is 31.4 Å². The summed E-state index contributed by atoms with van der Waals surface area (Å²) in [5.41, 5.74) is 3.81. The first-order valence-electron chi connectivity index (χ1n) is 5.12. The number of aryl methyl sites for hydroxylation is 2. The molecule has 3 N–H and O–H groups in total. The van der Waals surface area contributed by atoms with E-state index in [9.17, 15) is 0 Å². The average molecular weight is 237 g/mol. The molecule has 0 spiro atoms. The SMILES string of the molecule is Cc1csc(CC(NN)c2ccc(C)o2)n1. The van der Waals surface area contributed by atoms with Gasteiger partial charge in [0.2, 0.25) is 0 Å². The van der Waals surface area contributed by atoms with Gasteiger partial charge in [-0.1, -0.05) is 0 Å². The normalized spacial score (nSPS) is 12.9. The zero-order valence-corrected chi connectivity index (χ0v) is 10.2. The highest BCUT2D eigenvalue weighted by atomic mass is 32.1. The minimum absolute atomic E-state index is 0.0146. The zero-order chi connectivity index (χ0) is 11.5. The van der Waals surface area contributed by atoms with Gasteiger partial charge in [0.05, 0.1) is 11.0 Å². The molecule has 0 aliphatic carbocycles. The van der Waals surface area contributed by atoms with E-state index in [2.05, 4.69) is 10.4 Å². The third-order valence-corrected chi connectivity index (χ3v) is 3.34. The maximum atomic E-state index is 5.55. The van der Waals surface area contributed by atoms with Gasteiger partial charge in [0.25, 0.3) is 0 Å². The van der Waals surface area contributed by atoms with Crippen LogP contribution in [0.3, 0.4) is 0 Å². The minimum Gasteiger partial charge on any atom is -0.465 e. The third-order valence-electron chi connectivity index (χ3n) is 2.35. The number of hydrazine groups is 1. The van der Waals surface area contributed by atoms with Gasteiger partial charge in [-0.3, -0.25) is 5.84 Å². The summed E-state index contributed by atoms with van der Waals surface area (Å²) in [7, 11) is 0. The van der Waals surface area contributed by atoms with Crippen molar-refractivity contribution in [3.05, 3.63) is 39.7 Å². The second kappa shape index (κ2) is 4.78. The summed E-state index contributed by atoms with van der Waals surface area (Å²) in [4.78, 5) is 4.41. The Bertz CT molecular complexity index is 463. The molecule has 0 fully saturated rings. The molecule has 1 unspecified atom stereocenters. The molecule has 4 nitrogen and oxygen atoms in total. The highest BCUT2D eigenvalue weighted by Gasteiger charge is 2.15. The summed E-state index contributed by atoms with van der Waals surface area (Å²) in [5.74, 6) is 7.28. The standard InChI is InChI=1S/C11H15N3OS/c1-7-6-16-11(13-7)5-9(14-12)10-4-3-8(2)15-10/h3-4,6,9,14H,5,12H2,1-2H3. The molecule has 0 saturated heterocycles. The Labute approximate surface area is 98.5 Å². The van der Waals surface area contributed by atoms with E-state index >= 15 is 0 Å². The molecule has 2 aromatic heterocycles. The molecular formula is C11H15N3OS. The fourth-order valence-corrected chi connectivity index (χ4v) is 2.37. The van der Waals surface area contributed by atoms with Gasteiger partial charge in [0.1, 0.15) is 11.5 Å². The Kier molecular flexibility index (Phi) is 3.38. The van der Waals surface area contributed by atoms with Crippen molar-refractivity contribution in [1.29, 1.82) is 0 Å². The number of nitrogens with two attached hydrogens (primary N) is 1. The van der Waals surface area contributed by atoms with Crippen LogP contribution in [-0.4, -0.2) is 4.98 Å². The first kappa shape index (κ1) is 11.3. The fourth-order valence-electron chi connectivity index (χ4n) is 1.55. The topological polar surface area (TPSA) is 64.1 Å². The van der Waals surface area contributed by atoms with E-state index in [0.717, 1.165) is 28.6 Å². The molecule has 16 heavy (non-hydrogen) atoms. The van der Waals surface area contributed by atoms with Crippen LogP contribution in [0.1, 0.15) is 28.3 Å². The molecule has 0 aliphatic heterocycles. The van der Waals surface area contributed by atoms with Gasteiger partial charge in [-0.15, -0.1) is 11.3 Å². The van der Waals surface area contributed by atoms with Crippen LogP contribution in [0.25, 0.3) is 0 Å². The van der Waals surface area contributed by atoms with Gasteiger partial charge >= 0.3 is 0 Å². The molecule has 86 valence electrons. The Morgan fingerprint density at radius 1 is 1.50 bits per heavy atom. The van der Waals surface area contributed by atoms with Crippen molar-refractivity contribution in [3.63, 3.8) is 0 Å². The predicted molar refractivity (Wildman–Crippen MR) is 64.1 cm³/mol. The first-order valence-corrected chi connectivity index (χ1v) is 6.00. The number of furan rings is 1. The molecule has 0 aliphatic rings. The van der Waals surface area contributed by atoms with Gasteiger partial charge in [-0.2, -0.15) is 0 Å². The molecule has 2 aromatic rings. The number of nitrogens with one attached hydrogen (secondary N) is 1. The molecular weight excluding hydrogens is 222 g/mol. The van der Waals surface area contributed by atoms with Crippen LogP contribution in [0.4, 0.5) is 0 Å². The van der Waals surface area contributed by atoms with Crippen molar-refractivity contribution >= 4 is 11.3 Å². The summed E-state index contributed by atoms with van der Waals surface area (Å²) in [5, 5.41) is 3.10. The van der Waals surface area contributed by atoms with Crippen LogP contribution >= 0.6 is 11.3 Å². The molecule has 5 heteroatoms. The summed E-state index contributed by atoms with van der Waals surface area (Å²) < 4.78 is 5.55. The summed E-state index contributed by atoms with van der Waals surface area (Å²) in [6.07, 6.45) is 0.752. The molecule has 0 saturated carbocycles. The van der Waals surface area contributed by atoms with Crippen molar-refractivity contribution < 1.29 is 4.42 Å². The number of hydrogen-bond acceptors (Lipinski definition) is 5. The quantitative estimate of drug-likeness (QED) is 0.631. The van der Waals surface area contributed by atoms with Crippen LogP contribution < -0.4 is 11.3 Å². The smallest absolute Gasteiger partial charge is 0.122 e. The lowest BCUT2D eigenvalue weighted by Crippen LogP contribution is -2.29. The van der Waals surface area contributed by atoms with Crippen LogP contribution in [0.5, 0.6) is 0 Å². The summed E-state index contributed by atoms with van der Waals surface area (Å²) in [6.45, 7) is 3.91. The largest absolute Gasteiger partial charge is 0.465 e. The minimum atomic E-state index is -0.0146. The Morgan fingerprint density at radius 2 is 2.31 bits per heavy atom. The van der Waals surface area contributed by atoms with Gasteiger partial charge < -0.3 is 4.42 Å². The summed E-state index contributed by atoms with van der Waals surface area (Å²) in [6, 6.07) is 3.87. The van der Waals surface area contributed by atoms with E-state index < -0.39 is 0 Å². The van der Waals surface area contributed by atoms with Gasteiger partial charge in [0.15, 0.2) is 0 Å². The first-order chi connectivity index (χ1) is 7.69. The van der Waals surface area contributed by atoms with E-state index in [4.69, 9.17) is 10.3 Å². The Morgan fingerprint density at radius 3 is 2.81 bits per heavy atom. The monoisotopic (exact) mass is 237 g/mol. The van der Waals surface area contributed by atoms with E-state index in [-0.39, 0.29) is 6.04 Å².